The molecule has 0 aliphatic heterocycles. The van der Waals surface area contributed by atoms with E-state index in [0.717, 1.165) is 50.9 Å². The zero-order chi connectivity index (χ0) is 17.0. The van der Waals surface area contributed by atoms with Crippen molar-refractivity contribution in [3.05, 3.63) is 0 Å². The van der Waals surface area contributed by atoms with E-state index >= 15 is 0 Å². The molecule has 1 N–H and O–H groups in total. The van der Waals surface area contributed by atoms with Gasteiger partial charge in [-0.3, -0.25) is 14.1 Å². The maximum atomic E-state index is 12.0. The third-order valence-electron chi connectivity index (χ3n) is 6.75. The van der Waals surface area contributed by atoms with Crippen LogP contribution in [0.5, 0.6) is 0 Å². The zero-order valence-electron chi connectivity index (χ0n) is 13.9. The lowest BCUT2D eigenvalue weighted by Crippen LogP contribution is -2.53. The van der Waals surface area contributed by atoms with Crippen LogP contribution in [0.15, 0.2) is 0 Å². The first-order chi connectivity index (χ1) is 10.6. The Morgan fingerprint density at radius 1 is 1.00 bits per heavy atom. The minimum Gasteiger partial charge on any atom is -0.298 e. The quantitative estimate of drug-likeness (QED) is 0.592. The Bertz CT molecular complexity index is 584. The van der Waals surface area contributed by atoms with E-state index in [-0.39, 0.29) is 11.8 Å². The summed E-state index contributed by atoms with van der Waals surface area (Å²) in [5.74, 6) is 0.623. The Hall–Kier alpha value is -0.750. The molecule has 4 rings (SSSR count). The van der Waals surface area contributed by atoms with E-state index in [0.29, 0.717) is 6.42 Å². The molecule has 4 bridgehead atoms. The third kappa shape index (κ3) is 2.68. The fourth-order valence-electron chi connectivity index (χ4n) is 6.13. The molecular formula is C17H26O5S. The summed E-state index contributed by atoms with van der Waals surface area (Å²) < 4.78 is 31.1. The van der Waals surface area contributed by atoms with Crippen molar-refractivity contribution in [2.75, 3.05) is 0 Å². The highest BCUT2D eigenvalue weighted by molar-refractivity contribution is 7.89. The van der Waals surface area contributed by atoms with Crippen LogP contribution < -0.4 is 0 Å². The molecule has 4 aliphatic rings. The number of ketones is 2. The predicted octanol–water partition coefficient (Wildman–Crippen LogP) is 2.79. The Balaban J connectivity index is 1.85. The zero-order valence-corrected chi connectivity index (χ0v) is 14.7. The van der Waals surface area contributed by atoms with Gasteiger partial charge in [0.15, 0.2) is 11.6 Å². The normalized spacial score (nSPS) is 36.2. The SMILES string of the molecule is CC(=O)C(CCC12CC3CC(CC(C3)C1)C2)(C(C)=O)S(=O)(=O)O. The fourth-order valence-corrected chi connectivity index (χ4v) is 7.22. The van der Waals surface area contributed by atoms with Crippen LogP contribution in [0.2, 0.25) is 0 Å². The van der Waals surface area contributed by atoms with E-state index in [1.165, 1.54) is 19.3 Å². The van der Waals surface area contributed by atoms with Crippen LogP contribution in [-0.2, 0) is 19.7 Å². The van der Waals surface area contributed by atoms with E-state index in [1.807, 2.05) is 0 Å². The van der Waals surface area contributed by atoms with Gasteiger partial charge in [-0.25, -0.2) is 0 Å². The van der Waals surface area contributed by atoms with Gasteiger partial charge in [-0.2, -0.15) is 8.42 Å². The number of carbonyl (C=O) groups is 2. The molecule has 0 spiro atoms. The van der Waals surface area contributed by atoms with Gasteiger partial charge in [-0.05, 0) is 88.4 Å². The van der Waals surface area contributed by atoms with Crippen molar-refractivity contribution in [2.24, 2.45) is 23.2 Å². The Morgan fingerprint density at radius 3 is 1.70 bits per heavy atom. The van der Waals surface area contributed by atoms with Crippen molar-refractivity contribution >= 4 is 21.7 Å². The van der Waals surface area contributed by atoms with Crippen molar-refractivity contribution < 1.29 is 22.6 Å². The number of carbonyl (C=O) groups excluding carboxylic acids is 2. The molecule has 0 saturated heterocycles. The molecule has 4 fully saturated rings. The van der Waals surface area contributed by atoms with Gasteiger partial charge in [0.05, 0.1) is 0 Å². The summed E-state index contributed by atoms with van der Waals surface area (Å²) >= 11 is 0. The summed E-state index contributed by atoms with van der Waals surface area (Å²) in [5.41, 5.74) is 0.0651. The summed E-state index contributed by atoms with van der Waals surface area (Å²) in [7, 11) is -4.76. The van der Waals surface area contributed by atoms with Gasteiger partial charge in [-0.1, -0.05) is 0 Å². The second-order valence-electron chi connectivity index (χ2n) is 8.33. The molecule has 4 aliphatic carbocycles. The Labute approximate surface area is 138 Å². The molecule has 0 aromatic heterocycles. The van der Waals surface area contributed by atoms with E-state index in [1.54, 1.807) is 0 Å². The van der Waals surface area contributed by atoms with Crippen LogP contribution in [0.25, 0.3) is 0 Å². The van der Waals surface area contributed by atoms with Crippen LogP contribution in [0.4, 0.5) is 0 Å². The molecule has 130 valence electrons. The lowest BCUT2D eigenvalue weighted by atomic mass is 9.48. The summed E-state index contributed by atoms with van der Waals surface area (Å²) in [4.78, 5) is 24.0. The molecule has 0 atom stereocenters. The minimum absolute atomic E-state index is 0.0651. The summed E-state index contributed by atoms with van der Waals surface area (Å²) in [6.07, 6.45) is 7.54. The molecule has 0 heterocycles. The predicted molar refractivity (Wildman–Crippen MR) is 85.5 cm³/mol. The van der Waals surface area contributed by atoms with Gasteiger partial charge >= 0.3 is 0 Å². The monoisotopic (exact) mass is 342 g/mol. The first kappa shape index (κ1) is 17.1. The second-order valence-corrected chi connectivity index (χ2v) is 9.98. The molecule has 4 saturated carbocycles. The van der Waals surface area contributed by atoms with E-state index in [9.17, 15) is 22.6 Å². The average molecular weight is 342 g/mol. The molecule has 23 heavy (non-hydrogen) atoms. The van der Waals surface area contributed by atoms with Gasteiger partial charge in [0.1, 0.15) is 0 Å². The van der Waals surface area contributed by atoms with Gasteiger partial charge in [0, 0.05) is 0 Å². The maximum Gasteiger partial charge on any atom is 0.285 e. The molecule has 0 unspecified atom stereocenters. The van der Waals surface area contributed by atoms with E-state index in [2.05, 4.69) is 0 Å². The van der Waals surface area contributed by atoms with Crippen molar-refractivity contribution in [3.63, 3.8) is 0 Å². The van der Waals surface area contributed by atoms with E-state index < -0.39 is 26.4 Å². The number of hydrogen-bond acceptors (Lipinski definition) is 4. The molecule has 0 aromatic rings. The van der Waals surface area contributed by atoms with Crippen LogP contribution in [-0.4, -0.2) is 29.3 Å². The average Bonchev–Trinajstić information content (AvgIpc) is 2.34. The van der Waals surface area contributed by atoms with Gasteiger partial charge in [0.25, 0.3) is 10.1 Å². The van der Waals surface area contributed by atoms with Crippen molar-refractivity contribution in [1.82, 2.24) is 0 Å². The van der Waals surface area contributed by atoms with Crippen LogP contribution in [0.3, 0.4) is 0 Å². The highest BCUT2D eigenvalue weighted by Gasteiger charge is 2.56. The second kappa shape index (κ2) is 5.38. The van der Waals surface area contributed by atoms with Crippen LogP contribution in [0.1, 0.15) is 65.2 Å². The smallest absolute Gasteiger partial charge is 0.285 e. The molecule has 6 heteroatoms. The molecular weight excluding hydrogens is 316 g/mol. The molecule has 5 nitrogen and oxygen atoms in total. The minimum atomic E-state index is -4.76. The number of rotatable bonds is 6. The van der Waals surface area contributed by atoms with Gasteiger partial charge < -0.3 is 0 Å². The lowest BCUT2D eigenvalue weighted by Gasteiger charge is -2.57. The van der Waals surface area contributed by atoms with Crippen molar-refractivity contribution in [2.45, 2.75) is 70.0 Å². The van der Waals surface area contributed by atoms with Crippen molar-refractivity contribution in [3.8, 4) is 0 Å². The lowest BCUT2D eigenvalue weighted by molar-refractivity contribution is -0.129. The topological polar surface area (TPSA) is 88.5 Å². The highest BCUT2D eigenvalue weighted by atomic mass is 32.2. The van der Waals surface area contributed by atoms with Gasteiger partial charge in [-0.15, -0.1) is 0 Å². The Kier molecular flexibility index (Phi) is 4.00. The van der Waals surface area contributed by atoms with Gasteiger partial charge in [0.2, 0.25) is 4.75 Å². The van der Waals surface area contributed by atoms with Crippen LogP contribution in [0, 0.1) is 23.2 Å². The molecule has 0 radical (unpaired) electrons. The molecule has 0 amide bonds. The number of Topliss-reactive ketones (excluding diaryl/α,β-unsaturated/α-hetero) is 2. The standard InChI is InChI=1S/C17H26O5S/c1-11(18)17(12(2)19,23(20,21)22)4-3-16-8-13-5-14(9-16)7-15(6-13)10-16/h13-15H,3-10H2,1-2H3,(H,20,21,22). The fraction of sp³-hybridized carbons (Fsp3) is 0.882. The largest absolute Gasteiger partial charge is 0.298 e. The summed E-state index contributed by atoms with van der Waals surface area (Å²) in [5, 5.41) is 0. The summed E-state index contributed by atoms with van der Waals surface area (Å²) in [6.45, 7) is 2.18. The Morgan fingerprint density at radius 2 is 1.39 bits per heavy atom. The summed E-state index contributed by atoms with van der Waals surface area (Å²) in [6, 6.07) is 0. The van der Waals surface area contributed by atoms with E-state index in [4.69, 9.17) is 0 Å². The van der Waals surface area contributed by atoms with Crippen LogP contribution >= 0.6 is 0 Å². The number of hydrogen-bond donors (Lipinski definition) is 1. The first-order valence-electron chi connectivity index (χ1n) is 8.57. The third-order valence-corrected chi connectivity index (χ3v) is 8.41. The highest BCUT2D eigenvalue weighted by Crippen LogP contribution is 2.62. The first-order valence-corrected chi connectivity index (χ1v) is 10.0. The van der Waals surface area contributed by atoms with Crippen molar-refractivity contribution in [1.29, 1.82) is 0 Å². The molecule has 0 aromatic carbocycles. The maximum absolute atomic E-state index is 12.0.